The molecule has 120 valence electrons. The molecule has 0 amide bonds. The molecule has 21 heavy (non-hydrogen) atoms. The fraction of sp³-hybridized carbons (Fsp3) is 0.769. The molecular weight excluding hydrogens is 316 g/mol. The number of carbonyl (C=O) groups excluding carboxylic acids is 3. The predicted molar refractivity (Wildman–Crippen MR) is 68.6 cm³/mol. The van der Waals surface area contributed by atoms with E-state index in [0.717, 1.165) is 13.8 Å². The van der Waals surface area contributed by atoms with Crippen LogP contribution in [0.1, 0.15) is 41.5 Å². The van der Waals surface area contributed by atoms with Gasteiger partial charge in [0.15, 0.2) is 0 Å². The number of rotatable bonds is 8. The van der Waals surface area contributed by atoms with Gasteiger partial charge in [0.25, 0.3) is 5.78 Å². The van der Waals surface area contributed by atoms with Crippen LogP contribution in [0, 0.1) is 0 Å². The molecule has 0 bridgehead atoms. The van der Waals surface area contributed by atoms with E-state index in [2.05, 4.69) is 0 Å². The SMILES string of the molecule is CC(=O)OC(OC(C)=O)(OC(C)C)C(=O)COC(C)C.[Ti]. The van der Waals surface area contributed by atoms with Crippen molar-refractivity contribution in [2.24, 2.45) is 0 Å². The Balaban J connectivity index is 0. The zero-order valence-corrected chi connectivity index (χ0v) is 14.8. The summed E-state index contributed by atoms with van der Waals surface area (Å²) in [5, 5.41) is 0. The Hall–Kier alpha value is -0.756. The maximum atomic E-state index is 12.2. The van der Waals surface area contributed by atoms with E-state index >= 15 is 0 Å². The number of Topliss-reactive ketones (excluding diaryl/α,β-unsaturated/α-hetero) is 1. The molecule has 0 heterocycles. The number of carbonyl (C=O) groups is 3. The van der Waals surface area contributed by atoms with Gasteiger partial charge in [-0.25, -0.2) is 0 Å². The molecule has 0 unspecified atom stereocenters. The van der Waals surface area contributed by atoms with Crippen molar-refractivity contribution in [1.82, 2.24) is 0 Å². The summed E-state index contributed by atoms with van der Waals surface area (Å²) >= 11 is 0. The van der Waals surface area contributed by atoms with Crippen LogP contribution in [0.3, 0.4) is 0 Å². The van der Waals surface area contributed by atoms with Crippen LogP contribution in [0.25, 0.3) is 0 Å². The van der Waals surface area contributed by atoms with Crippen molar-refractivity contribution in [3.63, 3.8) is 0 Å². The summed E-state index contributed by atoms with van der Waals surface area (Å²) in [6, 6.07) is 0. The molecule has 0 spiro atoms. The van der Waals surface area contributed by atoms with Gasteiger partial charge >= 0.3 is 17.9 Å². The summed E-state index contributed by atoms with van der Waals surface area (Å²) in [6.07, 6.45) is -0.734. The van der Waals surface area contributed by atoms with Crippen molar-refractivity contribution < 1.29 is 55.0 Å². The minimum Gasteiger partial charge on any atom is -0.392 e. The Morgan fingerprint density at radius 3 is 1.62 bits per heavy atom. The molecule has 0 rings (SSSR count). The summed E-state index contributed by atoms with van der Waals surface area (Å²) < 4.78 is 20.0. The van der Waals surface area contributed by atoms with E-state index in [9.17, 15) is 14.4 Å². The number of esters is 2. The standard InChI is InChI=1S/C13H22O7.Ti/c1-8(2)17-7-12(16)13(18-9(3)4,19-10(5)14)20-11(6)15;/h8-9H,7H2,1-6H3;. The van der Waals surface area contributed by atoms with Crippen molar-refractivity contribution in [3.05, 3.63) is 0 Å². The molecule has 0 saturated carbocycles. The topological polar surface area (TPSA) is 88.1 Å². The van der Waals surface area contributed by atoms with Gasteiger partial charge in [0.1, 0.15) is 6.61 Å². The smallest absolute Gasteiger partial charge is 0.392 e. The number of hydrogen-bond acceptors (Lipinski definition) is 7. The molecule has 0 N–H and O–H groups in total. The second-order valence-electron chi connectivity index (χ2n) is 4.69. The van der Waals surface area contributed by atoms with Gasteiger partial charge in [-0.2, -0.15) is 0 Å². The van der Waals surface area contributed by atoms with Crippen molar-refractivity contribution in [2.75, 3.05) is 6.61 Å². The third-order valence-electron chi connectivity index (χ3n) is 1.84. The third kappa shape index (κ3) is 8.98. The van der Waals surface area contributed by atoms with E-state index in [1.807, 2.05) is 0 Å². The number of hydrogen-bond donors (Lipinski definition) is 0. The molecule has 0 aromatic rings. The molecule has 0 fully saturated rings. The Labute approximate surface area is 139 Å². The largest absolute Gasteiger partial charge is 0.443 e. The maximum absolute atomic E-state index is 12.2. The van der Waals surface area contributed by atoms with Gasteiger partial charge in [0.05, 0.1) is 12.2 Å². The summed E-state index contributed by atoms with van der Waals surface area (Å²) in [7, 11) is 0. The fourth-order valence-electron chi connectivity index (χ4n) is 1.27. The Morgan fingerprint density at radius 1 is 0.905 bits per heavy atom. The van der Waals surface area contributed by atoms with E-state index in [4.69, 9.17) is 18.9 Å². The van der Waals surface area contributed by atoms with Gasteiger partial charge in [-0.3, -0.25) is 19.1 Å². The molecule has 0 aliphatic heterocycles. The summed E-state index contributed by atoms with van der Waals surface area (Å²) in [6.45, 7) is 8.43. The van der Waals surface area contributed by atoms with Gasteiger partial charge in [-0.05, 0) is 27.7 Å². The van der Waals surface area contributed by atoms with Crippen molar-refractivity contribution >= 4 is 17.7 Å². The Morgan fingerprint density at radius 2 is 1.33 bits per heavy atom. The normalized spacial score (nSPS) is 11.0. The van der Waals surface area contributed by atoms with Crippen LogP contribution in [0.2, 0.25) is 0 Å². The van der Waals surface area contributed by atoms with E-state index in [0.29, 0.717) is 0 Å². The van der Waals surface area contributed by atoms with Crippen LogP contribution >= 0.6 is 0 Å². The molecule has 0 aromatic carbocycles. The van der Waals surface area contributed by atoms with Gasteiger partial charge in [0.2, 0.25) is 0 Å². The summed E-state index contributed by atoms with van der Waals surface area (Å²) in [5.41, 5.74) is 0. The molecule has 0 atom stereocenters. The molecule has 0 radical (unpaired) electrons. The van der Waals surface area contributed by atoms with Crippen LogP contribution in [0.15, 0.2) is 0 Å². The first kappa shape index (κ1) is 22.5. The quantitative estimate of drug-likeness (QED) is 0.373. The van der Waals surface area contributed by atoms with Crippen LogP contribution in [-0.4, -0.2) is 42.5 Å². The molecule has 7 nitrogen and oxygen atoms in total. The Bertz CT molecular complexity index is 350. The average molecular weight is 338 g/mol. The second kappa shape index (κ2) is 10.1. The molecular formula is C13H22O7Ti. The first-order valence-electron chi connectivity index (χ1n) is 6.31. The molecule has 0 aliphatic carbocycles. The summed E-state index contributed by atoms with van der Waals surface area (Å²) in [4.78, 5) is 34.5. The Kier molecular flexibility index (Phi) is 10.8. The molecule has 0 aliphatic rings. The van der Waals surface area contributed by atoms with Crippen molar-refractivity contribution in [2.45, 2.75) is 59.7 Å². The van der Waals surface area contributed by atoms with Gasteiger partial charge < -0.3 is 14.2 Å². The minimum absolute atomic E-state index is 0. The van der Waals surface area contributed by atoms with Crippen molar-refractivity contribution in [1.29, 1.82) is 0 Å². The van der Waals surface area contributed by atoms with E-state index in [1.165, 1.54) is 0 Å². The third-order valence-corrected chi connectivity index (χ3v) is 1.84. The van der Waals surface area contributed by atoms with Crippen LogP contribution in [0.4, 0.5) is 0 Å². The number of ketones is 1. The van der Waals surface area contributed by atoms with E-state index in [-0.39, 0.29) is 27.8 Å². The minimum atomic E-state index is -2.40. The van der Waals surface area contributed by atoms with Crippen molar-refractivity contribution in [3.8, 4) is 0 Å². The van der Waals surface area contributed by atoms with Crippen LogP contribution in [0.5, 0.6) is 0 Å². The van der Waals surface area contributed by atoms with Crippen LogP contribution < -0.4 is 0 Å². The fourth-order valence-corrected chi connectivity index (χ4v) is 1.27. The summed E-state index contributed by atoms with van der Waals surface area (Å²) in [5.74, 6) is -4.83. The van der Waals surface area contributed by atoms with Crippen LogP contribution in [-0.2, 0) is 55.0 Å². The zero-order chi connectivity index (χ0) is 15.9. The maximum Gasteiger partial charge on any atom is 0.443 e. The van der Waals surface area contributed by atoms with Gasteiger partial charge in [-0.1, -0.05) is 0 Å². The monoisotopic (exact) mass is 338 g/mol. The van der Waals surface area contributed by atoms with E-state index < -0.39 is 36.4 Å². The first-order chi connectivity index (χ1) is 9.09. The first-order valence-corrected chi connectivity index (χ1v) is 6.31. The van der Waals surface area contributed by atoms with Gasteiger partial charge in [-0.15, -0.1) is 0 Å². The molecule has 0 aromatic heterocycles. The molecule has 0 saturated heterocycles. The second-order valence-corrected chi connectivity index (χ2v) is 4.69. The number of ether oxygens (including phenoxy) is 4. The molecule has 8 heteroatoms. The average Bonchev–Trinajstić information content (AvgIpc) is 2.22. The van der Waals surface area contributed by atoms with Gasteiger partial charge in [0, 0.05) is 35.6 Å². The predicted octanol–water partition coefficient (Wildman–Crippen LogP) is 1.18. The van der Waals surface area contributed by atoms with E-state index in [1.54, 1.807) is 27.7 Å². The zero-order valence-electron chi connectivity index (χ0n) is 13.2.